The Kier molecular flexibility index (Phi) is 11.8. The van der Waals surface area contributed by atoms with Crippen molar-refractivity contribution in [3.05, 3.63) is 57.7 Å². The molecule has 0 fully saturated rings. The van der Waals surface area contributed by atoms with E-state index in [9.17, 15) is 22.8 Å². The molecule has 3 rings (SSSR count). The summed E-state index contributed by atoms with van der Waals surface area (Å²) in [6.45, 7) is 7.40. The van der Waals surface area contributed by atoms with Gasteiger partial charge in [-0.25, -0.2) is 0 Å². The van der Waals surface area contributed by atoms with E-state index < -0.39 is 12.3 Å². The lowest BCUT2D eigenvalue weighted by Crippen LogP contribution is -2.34. The summed E-state index contributed by atoms with van der Waals surface area (Å²) in [5, 5.41) is 22.9. The zero-order chi connectivity index (χ0) is 29.0. The molecule has 2 N–H and O–H groups in total. The molecule has 0 aliphatic carbocycles. The number of aryl methyl sites for hydroxylation is 2. The molecule has 0 bridgehead atoms. The van der Waals surface area contributed by atoms with E-state index in [0.717, 1.165) is 49.2 Å². The van der Waals surface area contributed by atoms with E-state index >= 15 is 0 Å². The van der Waals surface area contributed by atoms with Gasteiger partial charge in [0, 0.05) is 19.5 Å². The van der Waals surface area contributed by atoms with Gasteiger partial charge in [0.15, 0.2) is 5.82 Å². The van der Waals surface area contributed by atoms with Gasteiger partial charge >= 0.3 is 6.36 Å². The SMILES string of the molecule is CCN(CC)CCNC(=O)c1nnc(CCCCc2ccc(NC(=O)Cc3cccc(OC(F)(F)F)c3)nn2)s1. The number of nitrogens with one attached hydrogen (secondary N) is 2. The largest absolute Gasteiger partial charge is 0.573 e. The Balaban J connectivity index is 1.36. The topological polar surface area (TPSA) is 122 Å². The molecule has 2 heterocycles. The lowest BCUT2D eigenvalue weighted by Gasteiger charge is -2.17. The predicted octanol–water partition coefficient (Wildman–Crippen LogP) is 4.04. The maximum Gasteiger partial charge on any atom is 0.573 e. The van der Waals surface area contributed by atoms with E-state index in [1.807, 2.05) is 0 Å². The molecule has 0 radical (unpaired) electrons. The van der Waals surface area contributed by atoms with Gasteiger partial charge in [-0.1, -0.05) is 37.3 Å². The number of likely N-dealkylation sites (N-methyl/N-ethyl adjacent to an activating group) is 1. The summed E-state index contributed by atoms with van der Waals surface area (Å²) in [6, 6.07) is 8.62. The van der Waals surface area contributed by atoms with Crippen LogP contribution in [-0.2, 0) is 24.1 Å². The van der Waals surface area contributed by atoms with Gasteiger partial charge in [0.1, 0.15) is 10.8 Å². The summed E-state index contributed by atoms with van der Waals surface area (Å²) in [4.78, 5) is 26.8. The smallest absolute Gasteiger partial charge is 0.406 e. The molecule has 0 aliphatic heterocycles. The fraction of sp³-hybridized carbons (Fsp3) is 0.462. The third-order valence-corrected chi connectivity index (χ3v) is 6.81. The quantitative estimate of drug-likeness (QED) is 0.259. The van der Waals surface area contributed by atoms with Crippen LogP contribution in [0.5, 0.6) is 5.75 Å². The van der Waals surface area contributed by atoms with E-state index in [4.69, 9.17) is 0 Å². The number of unbranched alkanes of at least 4 members (excludes halogenated alkanes) is 1. The van der Waals surface area contributed by atoms with Crippen molar-refractivity contribution in [1.82, 2.24) is 30.6 Å². The standard InChI is InChI=1S/C26H32F3N7O3S/c1-3-36(4-2)15-14-30-24(38)25-35-34-23(40-25)11-6-5-9-19-12-13-21(33-32-19)31-22(37)17-18-8-7-10-20(16-18)39-26(27,28)29/h7-8,10,12-13,16H,3-6,9,11,14-15,17H2,1-2H3,(H,30,38)(H,31,33,37). The molecule has 0 atom stereocenters. The van der Waals surface area contributed by atoms with Crippen LogP contribution in [0.1, 0.15) is 52.8 Å². The highest BCUT2D eigenvalue weighted by atomic mass is 32.1. The van der Waals surface area contributed by atoms with Gasteiger partial charge in [0.25, 0.3) is 5.91 Å². The van der Waals surface area contributed by atoms with Crippen LogP contribution in [0.4, 0.5) is 19.0 Å². The number of ether oxygens (including phenoxy) is 1. The van der Waals surface area contributed by atoms with Gasteiger partial charge in [-0.15, -0.1) is 28.5 Å². The number of anilines is 1. The molecule has 216 valence electrons. The molecule has 0 spiro atoms. The van der Waals surface area contributed by atoms with Gasteiger partial charge in [-0.05, 0) is 62.2 Å². The molecule has 0 aliphatic rings. The van der Waals surface area contributed by atoms with Crippen LogP contribution >= 0.6 is 11.3 Å². The highest BCUT2D eigenvalue weighted by Crippen LogP contribution is 2.23. The van der Waals surface area contributed by atoms with Crippen molar-refractivity contribution in [3.63, 3.8) is 0 Å². The van der Waals surface area contributed by atoms with Gasteiger partial charge in [0.05, 0.1) is 12.1 Å². The first kappa shape index (κ1) is 30.9. The number of amides is 2. The summed E-state index contributed by atoms with van der Waals surface area (Å²) in [7, 11) is 0. The first-order valence-electron chi connectivity index (χ1n) is 12.9. The second-order valence-electron chi connectivity index (χ2n) is 8.82. The third-order valence-electron chi connectivity index (χ3n) is 5.83. The lowest BCUT2D eigenvalue weighted by molar-refractivity contribution is -0.274. The molecule has 14 heteroatoms. The molecular formula is C26H32F3N7O3S. The Labute approximate surface area is 234 Å². The van der Waals surface area contributed by atoms with Crippen LogP contribution in [-0.4, -0.2) is 69.7 Å². The third kappa shape index (κ3) is 10.8. The molecule has 0 unspecified atom stereocenters. The molecule has 0 saturated heterocycles. The van der Waals surface area contributed by atoms with E-state index in [1.165, 1.54) is 29.5 Å². The van der Waals surface area contributed by atoms with Crippen LogP contribution < -0.4 is 15.4 Å². The molecule has 1 aromatic carbocycles. The van der Waals surface area contributed by atoms with E-state index in [2.05, 4.69) is 54.5 Å². The van der Waals surface area contributed by atoms with Crippen LogP contribution in [0.15, 0.2) is 36.4 Å². The summed E-state index contributed by atoms with van der Waals surface area (Å²) >= 11 is 1.30. The first-order chi connectivity index (χ1) is 19.1. The van der Waals surface area contributed by atoms with Crippen molar-refractivity contribution >= 4 is 29.0 Å². The van der Waals surface area contributed by atoms with E-state index in [1.54, 1.807) is 12.1 Å². The van der Waals surface area contributed by atoms with Crippen molar-refractivity contribution < 1.29 is 27.5 Å². The van der Waals surface area contributed by atoms with Crippen LogP contribution in [0.2, 0.25) is 0 Å². The Morgan fingerprint density at radius 3 is 2.48 bits per heavy atom. The lowest BCUT2D eigenvalue weighted by atomic mass is 10.1. The van der Waals surface area contributed by atoms with Gasteiger partial charge < -0.3 is 20.3 Å². The molecule has 10 nitrogen and oxygen atoms in total. The Morgan fingerprint density at radius 2 is 1.77 bits per heavy atom. The Hall–Kier alpha value is -3.65. The van der Waals surface area contributed by atoms with Crippen molar-refractivity contribution in [2.75, 3.05) is 31.5 Å². The minimum Gasteiger partial charge on any atom is -0.406 e. The Bertz CT molecular complexity index is 1230. The minimum absolute atomic E-state index is 0.149. The number of alkyl halides is 3. The molecule has 3 aromatic rings. The minimum atomic E-state index is -4.80. The number of benzene rings is 1. The predicted molar refractivity (Wildman–Crippen MR) is 144 cm³/mol. The second-order valence-corrected chi connectivity index (χ2v) is 9.88. The number of carbonyl (C=O) groups is 2. The number of rotatable bonds is 15. The number of carbonyl (C=O) groups excluding carboxylic acids is 2. The fourth-order valence-corrected chi connectivity index (χ4v) is 4.55. The summed E-state index contributed by atoms with van der Waals surface area (Å²) in [5.41, 5.74) is 1.11. The van der Waals surface area contributed by atoms with Crippen molar-refractivity contribution in [1.29, 1.82) is 0 Å². The van der Waals surface area contributed by atoms with Crippen molar-refractivity contribution in [2.45, 2.75) is 52.3 Å². The number of hydrogen-bond donors (Lipinski definition) is 2. The van der Waals surface area contributed by atoms with E-state index in [-0.39, 0.29) is 23.9 Å². The normalized spacial score (nSPS) is 11.4. The number of aromatic nitrogens is 4. The molecule has 2 aromatic heterocycles. The highest BCUT2D eigenvalue weighted by Gasteiger charge is 2.31. The maximum absolute atomic E-state index is 12.4. The van der Waals surface area contributed by atoms with Crippen LogP contribution in [0.3, 0.4) is 0 Å². The number of halogens is 3. The monoisotopic (exact) mass is 579 g/mol. The number of hydrogen-bond acceptors (Lipinski definition) is 9. The zero-order valence-corrected chi connectivity index (χ0v) is 23.1. The average molecular weight is 580 g/mol. The molecule has 2 amide bonds. The molecule has 40 heavy (non-hydrogen) atoms. The molecule has 0 saturated carbocycles. The first-order valence-corrected chi connectivity index (χ1v) is 13.8. The zero-order valence-electron chi connectivity index (χ0n) is 22.3. The van der Waals surface area contributed by atoms with Crippen LogP contribution in [0.25, 0.3) is 0 Å². The average Bonchev–Trinajstić information content (AvgIpc) is 3.38. The summed E-state index contributed by atoms with van der Waals surface area (Å²) in [5.74, 6) is -0.795. The Morgan fingerprint density at radius 1 is 1.00 bits per heavy atom. The number of nitrogens with zero attached hydrogens (tertiary/aromatic N) is 5. The van der Waals surface area contributed by atoms with Gasteiger partial charge in [-0.3, -0.25) is 9.59 Å². The van der Waals surface area contributed by atoms with Crippen molar-refractivity contribution in [3.8, 4) is 5.75 Å². The van der Waals surface area contributed by atoms with Crippen molar-refractivity contribution in [2.24, 2.45) is 0 Å². The van der Waals surface area contributed by atoms with Crippen LogP contribution in [0, 0.1) is 0 Å². The molecular weight excluding hydrogens is 547 g/mol. The summed E-state index contributed by atoms with van der Waals surface area (Å²) in [6.07, 6.45) is -1.93. The maximum atomic E-state index is 12.4. The second kappa shape index (κ2) is 15.2. The van der Waals surface area contributed by atoms with Gasteiger partial charge in [0.2, 0.25) is 10.9 Å². The van der Waals surface area contributed by atoms with Gasteiger partial charge in [-0.2, -0.15) is 5.10 Å². The highest BCUT2D eigenvalue weighted by molar-refractivity contribution is 7.13. The fourth-order valence-electron chi connectivity index (χ4n) is 3.76. The van der Waals surface area contributed by atoms with E-state index in [0.29, 0.717) is 30.0 Å². The summed E-state index contributed by atoms with van der Waals surface area (Å²) < 4.78 is 41.1.